The van der Waals surface area contributed by atoms with Crippen LogP contribution in [0.5, 0.6) is 5.75 Å². The van der Waals surface area contributed by atoms with Gasteiger partial charge in [0.1, 0.15) is 8.11 Å². The van der Waals surface area contributed by atoms with Gasteiger partial charge in [-0.1, -0.05) is 44.6 Å². The number of alkyl halides is 2. The zero-order chi connectivity index (χ0) is 19.9. The fraction of sp³-hybridized carbons (Fsp3) is 0.727. The molecular weight excluding hydrogens is 401 g/mol. The van der Waals surface area contributed by atoms with Gasteiger partial charge in [-0.3, -0.25) is 0 Å². The zero-order valence-electron chi connectivity index (χ0n) is 16.5. The number of hydrogen-bond donors (Lipinski definition) is 0. The van der Waals surface area contributed by atoms with Gasteiger partial charge in [-0.05, 0) is 73.2 Å². The molecule has 0 spiro atoms. The van der Waals surface area contributed by atoms with Crippen molar-refractivity contribution in [3.63, 3.8) is 0 Å². The molecule has 1 saturated heterocycles. The van der Waals surface area contributed by atoms with E-state index in [1.807, 2.05) is 0 Å². The number of ether oxygens (including phenoxy) is 1. The first kappa shape index (κ1) is 22.0. The molecule has 0 aromatic heterocycles. The van der Waals surface area contributed by atoms with Crippen LogP contribution in [0.3, 0.4) is 0 Å². The van der Waals surface area contributed by atoms with Gasteiger partial charge in [0, 0.05) is 0 Å². The van der Waals surface area contributed by atoms with Crippen molar-refractivity contribution >= 4 is 19.2 Å². The average Bonchev–Trinajstić information content (AvgIpc) is 2.68. The van der Waals surface area contributed by atoms with Crippen LogP contribution < -0.4 is 4.74 Å². The molecule has 6 heteroatoms. The summed E-state index contributed by atoms with van der Waals surface area (Å²) >= 11 is 6.32. The van der Waals surface area contributed by atoms with Crippen molar-refractivity contribution < 1.29 is 17.9 Å². The SMILES string of the molecule is Fc1cc([C@H]2CC[C@H](CCCCC3CC[SiH](Cl)CC3)CC2)ccc1OC(F)F. The second-order valence-electron chi connectivity index (χ2n) is 8.69. The van der Waals surface area contributed by atoms with Crippen molar-refractivity contribution in [3.05, 3.63) is 29.6 Å². The van der Waals surface area contributed by atoms with Crippen LogP contribution in [0, 0.1) is 17.7 Å². The average molecular weight is 433 g/mol. The highest BCUT2D eigenvalue weighted by atomic mass is 35.6. The predicted octanol–water partition coefficient (Wildman–Crippen LogP) is 7.63. The van der Waals surface area contributed by atoms with E-state index in [0.717, 1.165) is 30.2 Å². The summed E-state index contributed by atoms with van der Waals surface area (Å²) in [4.78, 5) is 0. The van der Waals surface area contributed by atoms with Gasteiger partial charge in [0.2, 0.25) is 0 Å². The van der Waals surface area contributed by atoms with E-state index in [-0.39, 0.29) is 5.75 Å². The van der Waals surface area contributed by atoms with Gasteiger partial charge in [-0.25, -0.2) is 4.39 Å². The minimum absolute atomic E-state index is 0.334. The van der Waals surface area contributed by atoms with Crippen molar-refractivity contribution in [1.82, 2.24) is 0 Å². The molecule has 1 heterocycles. The van der Waals surface area contributed by atoms with E-state index in [1.54, 1.807) is 6.07 Å². The van der Waals surface area contributed by atoms with E-state index in [0.29, 0.717) is 5.92 Å². The molecule has 1 aliphatic heterocycles. The van der Waals surface area contributed by atoms with Gasteiger partial charge in [0.05, 0.1) is 0 Å². The highest BCUT2D eigenvalue weighted by molar-refractivity contribution is 7.07. The molecule has 0 N–H and O–H groups in total. The van der Waals surface area contributed by atoms with Crippen molar-refractivity contribution in [2.75, 3.05) is 0 Å². The highest BCUT2D eigenvalue weighted by Gasteiger charge is 2.24. The number of benzene rings is 1. The molecule has 1 nitrogen and oxygen atoms in total. The smallest absolute Gasteiger partial charge is 0.387 e. The first-order valence-electron chi connectivity index (χ1n) is 10.9. The Morgan fingerprint density at radius 1 is 0.964 bits per heavy atom. The Bertz CT molecular complexity index is 599. The highest BCUT2D eigenvalue weighted by Crippen LogP contribution is 2.39. The van der Waals surface area contributed by atoms with Crippen molar-refractivity contribution in [1.29, 1.82) is 0 Å². The van der Waals surface area contributed by atoms with E-state index < -0.39 is 20.5 Å². The van der Waals surface area contributed by atoms with Crippen LogP contribution in [0.4, 0.5) is 13.2 Å². The maximum atomic E-state index is 14.0. The maximum Gasteiger partial charge on any atom is 0.387 e. The molecule has 28 heavy (non-hydrogen) atoms. The number of hydrogen-bond acceptors (Lipinski definition) is 1. The minimum Gasteiger partial charge on any atom is -0.432 e. The van der Waals surface area contributed by atoms with Gasteiger partial charge in [0.25, 0.3) is 0 Å². The summed E-state index contributed by atoms with van der Waals surface area (Å²) in [7, 11) is -0.834. The van der Waals surface area contributed by atoms with Crippen LogP contribution >= 0.6 is 11.1 Å². The Kier molecular flexibility index (Phi) is 8.58. The van der Waals surface area contributed by atoms with Crippen LogP contribution in [0.15, 0.2) is 18.2 Å². The van der Waals surface area contributed by atoms with Crippen molar-refractivity contribution in [2.45, 2.75) is 88.8 Å². The molecule has 3 rings (SSSR count). The van der Waals surface area contributed by atoms with Gasteiger partial charge < -0.3 is 4.74 Å². The third-order valence-corrected chi connectivity index (χ3v) is 9.97. The Labute approximate surface area is 173 Å². The topological polar surface area (TPSA) is 9.23 Å². The normalized spacial score (nSPS) is 28.5. The van der Waals surface area contributed by atoms with Crippen LogP contribution in [-0.4, -0.2) is 14.7 Å². The standard InChI is InChI=1S/C22H32ClF3OSi/c23-28-13-11-17(12-14-28)4-2-1-3-16-5-7-18(8-6-16)19-9-10-21(20(24)15-19)27-22(25)26/h9-10,15-18,22,28H,1-8,11-14H2/t16-,17?,18-,28?. The van der Waals surface area contributed by atoms with E-state index in [4.69, 9.17) is 11.1 Å². The second-order valence-corrected chi connectivity index (χ2v) is 12.9. The Balaban J connectivity index is 1.35. The van der Waals surface area contributed by atoms with Crippen LogP contribution in [-0.2, 0) is 0 Å². The molecule has 1 aliphatic carbocycles. The molecule has 1 saturated carbocycles. The van der Waals surface area contributed by atoms with Gasteiger partial charge in [-0.2, -0.15) is 19.9 Å². The van der Waals surface area contributed by atoms with Crippen molar-refractivity contribution in [2.24, 2.45) is 11.8 Å². The second kappa shape index (κ2) is 10.9. The molecule has 1 aromatic rings. The third-order valence-electron chi connectivity index (χ3n) is 6.74. The molecule has 0 amide bonds. The number of unbranched alkanes of at least 4 members (excludes halogenated alkanes) is 1. The Morgan fingerprint density at radius 2 is 1.57 bits per heavy atom. The predicted molar refractivity (Wildman–Crippen MR) is 112 cm³/mol. The first-order chi connectivity index (χ1) is 13.5. The molecule has 158 valence electrons. The van der Waals surface area contributed by atoms with E-state index in [2.05, 4.69) is 4.74 Å². The van der Waals surface area contributed by atoms with Gasteiger partial charge >= 0.3 is 6.61 Å². The fourth-order valence-electron chi connectivity index (χ4n) is 5.02. The molecule has 1 aromatic carbocycles. The number of rotatable bonds is 8. The lowest BCUT2D eigenvalue weighted by Gasteiger charge is -2.29. The molecule has 2 fully saturated rings. The molecule has 0 unspecified atom stereocenters. The van der Waals surface area contributed by atoms with Crippen LogP contribution in [0.25, 0.3) is 0 Å². The minimum atomic E-state index is -2.99. The van der Waals surface area contributed by atoms with E-state index >= 15 is 0 Å². The summed E-state index contributed by atoms with van der Waals surface area (Å²) in [6.45, 7) is -2.99. The third kappa shape index (κ3) is 6.69. The lowest BCUT2D eigenvalue weighted by molar-refractivity contribution is -0.0522. The number of halogens is 4. The molecule has 0 atom stereocenters. The molecule has 0 radical (unpaired) electrons. The maximum absolute atomic E-state index is 14.0. The van der Waals surface area contributed by atoms with Crippen LogP contribution in [0.2, 0.25) is 12.1 Å². The van der Waals surface area contributed by atoms with E-state index in [1.165, 1.54) is 75.6 Å². The van der Waals surface area contributed by atoms with Gasteiger partial charge in [0.15, 0.2) is 11.6 Å². The Morgan fingerprint density at radius 3 is 2.14 bits per heavy atom. The summed E-state index contributed by atoms with van der Waals surface area (Å²) in [6, 6.07) is 7.10. The van der Waals surface area contributed by atoms with E-state index in [9.17, 15) is 13.2 Å². The van der Waals surface area contributed by atoms with Gasteiger partial charge in [-0.15, -0.1) is 0 Å². The monoisotopic (exact) mass is 432 g/mol. The molecule has 2 aliphatic rings. The lowest BCUT2D eigenvalue weighted by Crippen LogP contribution is -2.16. The largest absolute Gasteiger partial charge is 0.432 e. The van der Waals surface area contributed by atoms with Crippen molar-refractivity contribution in [3.8, 4) is 5.75 Å². The van der Waals surface area contributed by atoms with Crippen LogP contribution in [0.1, 0.15) is 75.7 Å². The Hall–Kier alpha value is -0.683. The summed E-state index contributed by atoms with van der Waals surface area (Å²) in [5.41, 5.74) is 0.913. The molecule has 0 bridgehead atoms. The first-order valence-corrected chi connectivity index (χ1v) is 14.3. The fourth-order valence-corrected chi connectivity index (χ4v) is 7.73. The quantitative estimate of drug-likeness (QED) is 0.233. The summed E-state index contributed by atoms with van der Waals surface area (Å²) < 4.78 is 42.7. The molecular formula is C22H32ClF3OSi. The lowest BCUT2D eigenvalue weighted by atomic mass is 9.77. The summed E-state index contributed by atoms with van der Waals surface area (Å²) in [6.07, 6.45) is 12.6. The zero-order valence-corrected chi connectivity index (χ0v) is 18.4. The summed E-state index contributed by atoms with van der Waals surface area (Å²) in [5.74, 6) is 0.986. The summed E-state index contributed by atoms with van der Waals surface area (Å²) in [5, 5.41) is 0.